The highest BCUT2D eigenvalue weighted by Gasteiger charge is 2.38. The number of hydrogen-bond acceptors (Lipinski definition) is 6. The number of rotatable bonds is 8. The Balaban J connectivity index is 1.83. The van der Waals surface area contributed by atoms with Crippen LogP contribution in [0.25, 0.3) is 0 Å². The minimum Gasteiger partial charge on any atom is -0.465 e. The highest BCUT2D eigenvalue weighted by molar-refractivity contribution is 6.30. The Morgan fingerprint density at radius 2 is 1.82 bits per heavy atom. The Morgan fingerprint density at radius 3 is 2.45 bits per heavy atom. The molecule has 0 spiro atoms. The number of halogens is 2. The molecule has 3 aromatic rings. The molecule has 0 saturated heterocycles. The lowest BCUT2D eigenvalue weighted by Crippen LogP contribution is -2.35. The minimum atomic E-state index is -1.16. The number of carbonyl (C=O) groups excluding carboxylic acids is 2. The van der Waals surface area contributed by atoms with Crippen LogP contribution in [0.5, 0.6) is 0 Å². The van der Waals surface area contributed by atoms with Crippen molar-refractivity contribution in [2.45, 2.75) is 38.6 Å². The average molecular weight is 475 g/mol. The first-order chi connectivity index (χ1) is 15.7. The molecule has 2 N–H and O–H groups in total. The van der Waals surface area contributed by atoms with Crippen LogP contribution in [-0.4, -0.2) is 28.7 Å². The predicted octanol–water partition coefficient (Wildman–Crippen LogP) is 4.81. The fraction of sp³-hybridized carbons (Fsp3) is 0.304. The summed E-state index contributed by atoms with van der Waals surface area (Å²) < 4.78 is 23.6. The molecule has 0 saturated carbocycles. The van der Waals surface area contributed by atoms with Crippen LogP contribution in [0.2, 0.25) is 5.02 Å². The van der Waals surface area contributed by atoms with Crippen LogP contribution in [-0.2, 0) is 21.4 Å². The van der Waals surface area contributed by atoms with E-state index >= 15 is 0 Å². The Hall–Kier alpha value is -3.46. The van der Waals surface area contributed by atoms with Gasteiger partial charge in [0.25, 0.3) is 0 Å². The minimum absolute atomic E-state index is 0.0674. The number of ether oxygens (including phenoxy) is 1. The van der Waals surface area contributed by atoms with Gasteiger partial charge in [-0.3, -0.25) is 4.79 Å². The maximum Gasteiger partial charge on any atom is 0.321 e. The molecule has 8 nitrogen and oxygen atoms in total. The third kappa shape index (κ3) is 6.29. The van der Waals surface area contributed by atoms with Crippen molar-refractivity contribution in [3.05, 3.63) is 76.6 Å². The van der Waals surface area contributed by atoms with Crippen LogP contribution in [0.4, 0.5) is 14.9 Å². The molecule has 174 valence electrons. The number of aromatic nitrogens is 2. The van der Waals surface area contributed by atoms with Crippen LogP contribution in [0.15, 0.2) is 53.1 Å². The molecule has 0 aliphatic carbocycles. The van der Waals surface area contributed by atoms with E-state index in [9.17, 15) is 14.0 Å². The van der Waals surface area contributed by atoms with Crippen LogP contribution >= 0.6 is 11.6 Å². The van der Waals surface area contributed by atoms with Gasteiger partial charge in [0.2, 0.25) is 5.89 Å². The monoisotopic (exact) mass is 474 g/mol. The van der Waals surface area contributed by atoms with Gasteiger partial charge in [0.05, 0.1) is 12.6 Å². The summed E-state index contributed by atoms with van der Waals surface area (Å²) in [5, 5.41) is 10.0. The second-order valence-electron chi connectivity index (χ2n) is 7.79. The fourth-order valence-corrected chi connectivity index (χ4v) is 3.08. The summed E-state index contributed by atoms with van der Waals surface area (Å²) in [6.45, 7) is 5.16. The Kier molecular flexibility index (Phi) is 7.65. The zero-order chi connectivity index (χ0) is 24.0. The number of benzene rings is 2. The molecule has 1 heterocycles. The van der Waals surface area contributed by atoms with Gasteiger partial charge in [-0.15, -0.1) is 0 Å². The van der Waals surface area contributed by atoms with Crippen molar-refractivity contribution in [3.8, 4) is 0 Å². The van der Waals surface area contributed by atoms with Crippen molar-refractivity contribution in [3.63, 3.8) is 0 Å². The third-order valence-corrected chi connectivity index (χ3v) is 5.09. The zero-order valence-corrected chi connectivity index (χ0v) is 19.1. The number of amides is 2. The normalized spacial score (nSPS) is 12.2. The lowest BCUT2D eigenvalue weighted by atomic mass is 9.93. The molecule has 1 atom stereocenters. The first-order valence-corrected chi connectivity index (χ1v) is 10.7. The summed E-state index contributed by atoms with van der Waals surface area (Å²) in [6.07, 6.45) is 0.326. The summed E-state index contributed by atoms with van der Waals surface area (Å²) in [6, 6.07) is 11.2. The first-order valence-electron chi connectivity index (χ1n) is 10.3. The first kappa shape index (κ1) is 24.2. The highest BCUT2D eigenvalue weighted by atomic mass is 35.5. The van der Waals surface area contributed by atoms with Crippen LogP contribution in [0.3, 0.4) is 0 Å². The Morgan fingerprint density at radius 1 is 1.15 bits per heavy atom. The maximum absolute atomic E-state index is 13.1. The molecule has 1 aromatic heterocycles. The molecule has 3 rings (SSSR count). The standard InChI is InChI=1S/C23H24ClFN4O4/c1-4-32-21(30)23(2,3)20-28-19(29-33-20)18(13-14-5-7-15(24)8-6-14)27-22(31)26-17-11-9-16(25)10-12-17/h5-12,18H,4,13H2,1-3H3,(H2,26,27,31)/t18-/m0/s1. The van der Waals surface area contributed by atoms with Gasteiger partial charge in [-0.1, -0.05) is 28.9 Å². The smallest absolute Gasteiger partial charge is 0.321 e. The number of esters is 1. The summed E-state index contributed by atoms with van der Waals surface area (Å²) in [5.41, 5.74) is 0.113. The molecule has 0 fully saturated rings. The summed E-state index contributed by atoms with van der Waals surface area (Å²) in [4.78, 5) is 29.3. The van der Waals surface area contributed by atoms with Crippen molar-refractivity contribution in [2.75, 3.05) is 11.9 Å². The van der Waals surface area contributed by atoms with Gasteiger partial charge in [-0.25, -0.2) is 9.18 Å². The number of carbonyl (C=O) groups is 2. The second-order valence-corrected chi connectivity index (χ2v) is 8.23. The van der Waals surface area contributed by atoms with E-state index in [0.29, 0.717) is 17.1 Å². The van der Waals surface area contributed by atoms with E-state index in [0.717, 1.165) is 5.56 Å². The molecule has 2 amide bonds. The predicted molar refractivity (Wildman–Crippen MR) is 120 cm³/mol. The van der Waals surface area contributed by atoms with E-state index in [1.807, 2.05) is 12.1 Å². The van der Waals surface area contributed by atoms with Crippen molar-refractivity contribution >= 4 is 29.3 Å². The molecule has 0 aliphatic rings. The highest BCUT2D eigenvalue weighted by Crippen LogP contribution is 2.26. The molecule has 0 aliphatic heterocycles. The molecule has 10 heteroatoms. The number of urea groups is 1. The topological polar surface area (TPSA) is 106 Å². The van der Waals surface area contributed by atoms with E-state index in [-0.39, 0.29) is 18.3 Å². The SMILES string of the molecule is CCOC(=O)C(C)(C)c1nc([C@H](Cc2ccc(Cl)cc2)NC(=O)Nc2ccc(F)cc2)no1. The molecular formula is C23H24ClFN4O4. The van der Waals surface area contributed by atoms with Crippen LogP contribution < -0.4 is 10.6 Å². The lowest BCUT2D eigenvalue weighted by molar-refractivity contribution is -0.149. The van der Waals surface area contributed by atoms with E-state index in [1.54, 1.807) is 32.9 Å². The van der Waals surface area contributed by atoms with E-state index in [2.05, 4.69) is 20.8 Å². The summed E-state index contributed by atoms with van der Waals surface area (Å²) >= 11 is 5.97. The van der Waals surface area contributed by atoms with Gasteiger partial charge in [0.15, 0.2) is 5.82 Å². The van der Waals surface area contributed by atoms with Crippen molar-refractivity contribution in [2.24, 2.45) is 0 Å². The van der Waals surface area contributed by atoms with E-state index < -0.39 is 29.3 Å². The van der Waals surface area contributed by atoms with Crippen LogP contribution in [0.1, 0.15) is 44.1 Å². The summed E-state index contributed by atoms with van der Waals surface area (Å²) in [5.74, 6) is -0.661. The number of nitrogens with one attached hydrogen (secondary N) is 2. The van der Waals surface area contributed by atoms with E-state index in [4.69, 9.17) is 20.9 Å². The van der Waals surface area contributed by atoms with E-state index in [1.165, 1.54) is 24.3 Å². The number of hydrogen-bond donors (Lipinski definition) is 2. The zero-order valence-electron chi connectivity index (χ0n) is 18.4. The van der Waals surface area contributed by atoms with Gasteiger partial charge >= 0.3 is 12.0 Å². The van der Waals surface area contributed by atoms with Gasteiger partial charge in [0.1, 0.15) is 11.2 Å². The average Bonchev–Trinajstić information content (AvgIpc) is 3.28. The van der Waals surface area contributed by atoms with Crippen molar-refractivity contribution in [1.29, 1.82) is 0 Å². The molecule has 0 bridgehead atoms. The molecule has 0 radical (unpaired) electrons. The molecular weight excluding hydrogens is 451 g/mol. The second kappa shape index (κ2) is 10.4. The summed E-state index contributed by atoms with van der Waals surface area (Å²) in [7, 11) is 0. The number of anilines is 1. The maximum atomic E-state index is 13.1. The van der Waals surface area contributed by atoms with Gasteiger partial charge < -0.3 is 19.9 Å². The largest absolute Gasteiger partial charge is 0.465 e. The van der Waals surface area contributed by atoms with Crippen LogP contribution in [0, 0.1) is 5.82 Å². The lowest BCUT2D eigenvalue weighted by Gasteiger charge is -2.18. The van der Waals surface area contributed by atoms with Gasteiger partial charge in [-0.05, 0) is 62.7 Å². The Bertz CT molecular complexity index is 1100. The quantitative estimate of drug-likeness (QED) is 0.454. The molecule has 0 unspecified atom stereocenters. The number of nitrogens with zero attached hydrogens (tertiary/aromatic N) is 2. The third-order valence-electron chi connectivity index (χ3n) is 4.83. The van der Waals surface area contributed by atoms with Gasteiger partial charge in [-0.2, -0.15) is 4.98 Å². The van der Waals surface area contributed by atoms with Crippen molar-refractivity contribution in [1.82, 2.24) is 15.5 Å². The van der Waals surface area contributed by atoms with Gasteiger partial charge in [0, 0.05) is 17.1 Å². The van der Waals surface area contributed by atoms with Crippen molar-refractivity contribution < 1.29 is 23.2 Å². The molecule has 2 aromatic carbocycles. The fourth-order valence-electron chi connectivity index (χ4n) is 2.95. The Labute approximate surface area is 195 Å². The molecule has 33 heavy (non-hydrogen) atoms.